The highest BCUT2D eigenvalue weighted by Gasteiger charge is 2.29. The predicted octanol–water partition coefficient (Wildman–Crippen LogP) is 5.14. The highest BCUT2D eigenvalue weighted by Crippen LogP contribution is 2.34. The van der Waals surface area contributed by atoms with E-state index in [2.05, 4.69) is 27.7 Å². The van der Waals surface area contributed by atoms with Gasteiger partial charge in [0.1, 0.15) is 11.6 Å². The minimum absolute atomic E-state index is 0.104. The fourth-order valence-electron chi connectivity index (χ4n) is 4.29. The molecule has 0 bridgehead atoms. The van der Waals surface area contributed by atoms with Crippen molar-refractivity contribution in [3.63, 3.8) is 0 Å². The van der Waals surface area contributed by atoms with Crippen LogP contribution in [0.5, 0.6) is 0 Å². The molecule has 1 aliphatic rings. The number of halogens is 1. The average molecular weight is 430 g/mol. The van der Waals surface area contributed by atoms with E-state index in [-0.39, 0.29) is 17.8 Å². The number of rotatable bonds is 5. The van der Waals surface area contributed by atoms with E-state index in [4.69, 9.17) is 4.52 Å². The number of carbonyl (C=O) groups is 1. The summed E-state index contributed by atoms with van der Waals surface area (Å²) in [4.78, 5) is 13.0. The number of hydrogen-bond donors (Lipinski definition) is 1. The molecule has 2 atom stereocenters. The van der Waals surface area contributed by atoms with Gasteiger partial charge in [-0.2, -0.15) is 5.10 Å². The van der Waals surface area contributed by atoms with Crippen LogP contribution in [0.4, 0.5) is 10.1 Å². The van der Waals surface area contributed by atoms with Crippen LogP contribution >= 0.6 is 0 Å². The SMILES string of the molecule is CC(c1ccc(F)cc1)n1cc(NC(=O)c2noc3c2CC(c2ccccc2)CC3)cn1. The first kappa shape index (κ1) is 20.2. The van der Waals surface area contributed by atoms with Crippen LogP contribution in [0, 0.1) is 5.82 Å². The number of aromatic nitrogens is 3. The molecule has 1 N–H and O–H groups in total. The number of nitrogens with zero attached hydrogens (tertiary/aromatic N) is 3. The molecule has 7 heteroatoms. The minimum Gasteiger partial charge on any atom is -0.360 e. The average Bonchev–Trinajstić information content (AvgIpc) is 3.46. The molecule has 0 spiro atoms. The van der Waals surface area contributed by atoms with Crippen molar-refractivity contribution in [2.24, 2.45) is 0 Å². The molecule has 0 saturated carbocycles. The van der Waals surface area contributed by atoms with Crippen LogP contribution in [0.2, 0.25) is 0 Å². The Morgan fingerprint density at radius 1 is 1.19 bits per heavy atom. The number of amides is 1. The first-order valence-electron chi connectivity index (χ1n) is 10.7. The van der Waals surface area contributed by atoms with Crippen LogP contribution in [0.15, 0.2) is 71.5 Å². The van der Waals surface area contributed by atoms with Gasteiger partial charge in [-0.3, -0.25) is 9.48 Å². The number of benzene rings is 2. The Morgan fingerprint density at radius 2 is 1.97 bits per heavy atom. The summed E-state index contributed by atoms with van der Waals surface area (Å²) in [6, 6.07) is 16.5. The molecule has 0 radical (unpaired) electrons. The topological polar surface area (TPSA) is 73.0 Å². The second-order valence-corrected chi connectivity index (χ2v) is 8.17. The third-order valence-corrected chi connectivity index (χ3v) is 6.13. The normalized spacial score (nSPS) is 16.4. The van der Waals surface area contributed by atoms with Gasteiger partial charge >= 0.3 is 0 Å². The monoisotopic (exact) mass is 430 g/mol. The Bertz CT molecular complexity index is 1230. The van der Waals surface area contributed by atoms with Gasteiger partial charge in [0.2, 0.25) is 0 Å². The molecule has 162 valence electrons. The Hall–Kier alpha value is -3.74. The van der Waals surface area contributed by atoms with Gasteiger partial charge < -0.3 is 9.84 Å². The molecule has 1 amide bonds. The molecule has 2 aromatic carbocycles. The lowest BCUT2D eigenvalue weighted by Gasteiger charge is -2.21. The van der Waals surface area contributed by atoms with Crippen molar-refractivity contribution in [1.82, 2.24) is 14.9 Å². The molecule has 0 saturated heterocycles. The van der Waals surface area contributed by atoms with Gasteiger partial charge in [0.25, 0.3) is 5.91 Å². The summed E-state index contributed by atoms with van der Waals surface area (Å²) < 4.78 is 20.4. The fourth-order valence-corrected chi connectivity index (χ4v) is 4.29. The van der Waals surface area contributed by atoms with Crippen LogP contribution in [0.3, 0.4) is 0 Å². The lowest BCUT2D eigenvalue weighted by atomic mass is 9.82. The third kappa shape index (κ3) is 3.93. The maximum atomic E-state index is 13.2. The number of fused-ring (bicyclic) bond motifs is 1. The Labute approximate surface area is 185 Å². The number of aryl methyl sites for hydroxylation is 1. The molecule has 2 heterocycles. The second kappa shape index (κ2) is 8.42. The lowest BCUT2D eigenvalue weighted by molar-refractivity contribution is 0.101. The first-order chi connectivity index (χ1) is 15.6. The summed E-state index contributed by atoms with van der Waals surface area (Å²) in [7, 11) is 0. The molecule has 32 heavy (non-hydrogen) atoms. The molecule has 0 aliphatic heterocycles. The highest BCUT2D eigenvalue weighted by atomic mass is 19.1. The van der Waals surface area contributed by atoms with Gasteiger partial charge in [0.05, 0.1) is 17.9 Å². The molecular weight excluding hydrogens is 407 g/mol. The van der Waals surface area contributed by atoms with Crippen LogP contribution in [-0.2, 0) is 12.8 Å². The molecule has 0 fully saturated rings. The summed E-state index contributed by atoms with van der Waals surface area (Å²) >= 11 is 0. The van der Waals surface area contributed by atoms with Gasteiger partial charge in [0, 0.05) is 18.2 Å². The molecule has 2 unspecified atom stereocenters. The van der Waals surface area contributed by atoms with Crippen molar-refractivity contribution in [1.29, 1.82) is 0 Å². The maximum absolute atomic E-state index is 13.2. The molecule has 5 rings (SSSR count). The molecule has 1 aliphatic carbocycles. The second-order valence-electron chi connectivity index (χ2n) is 8.17. The van der Waals surface area contributed by atoms with E-state index in [0.717, 1.165) is 36.1 Å². The number of anilines is 1. The van der Waals surface area contributed by atoms with E-state index in [0.29, 0.717) is 17.3 Å². The summed E-state index contributed by atoms with van der Waals surface area (Å²) in [6.07, 6.45) is 5.82. The van der Waals surface area contributed by atoms with E-state index >= 15 is 0 Å². The van der Waals surface area contributed by atoms with Gasteiger partial charge in [-0.25, -0.2) is 4.39 Å². The summed E-state index contributed by atoms with van der Waals surface area (Å²) in [6.45, 7) is 1.96. The molecular formula is C25H23FN4O2. The zero-order chi connectivity index (χ0) is 22.1. The van der Waals surface area contributed by atoms with Crippen molar-refractivity contribution in [3.8, 4) is 0 Å². The standard InChI is InChI=1S/C25H23FN4O2/c1-16(17-7-10-20(26)11-8-17)30-15-21(14-27-30)28-25(31)24-22-13-19(9-12-23(22)32-29-24)18-5-3-2-4-6-18/h2-8,10-11,14-16,19H,9,12-13H2,1H3,(H,28,31). The van der Waals surface area contributed by atoms with Crippen molar-refractivity contribution in [2.75, 3.05) is 5.32 Å². The zero-order valence-electron chi connectivity index (χ0n) is 17.7. The summed E-state index contributed by atoms with van der Waals surface area (Å²) in [5, 5.41) is 11.3. The lowest BCUT2D eigenvalue weighted by Crippen LogP contribution is -2.18. The summed E-state index contributed by atoms with van der Waals surface area (Å²) in [5.74, 6) is 0.550. The number of hydrogen-bond acceptors (Lipinski definition) is 4. The van der Waals surface area contributed by atoms with Gasteiger partial charge in [-0.15, -0.1) is 0 Å². The Kier molecular flexibility index (Phi) is 5.31. The van der Waals surface area contributed by atoms with Gasteiger partial charge in [-0.05, 0) is 48.9 Å². The molecule has 6 nitrogen and oxygen atoms in total. The van der Waals surface area contributed by atoms with E-state index in [1.165, 1.54) is 17.7 Å². The van der Waals surface area contributed by atoms with Crippen LogP contribution < -0.4 is 5.32 Å². The molecule has 4 aromatic rings. The highest BCUT2D eigenvalue weighted by molar-refractivity contribution is 6.03. The van der Waals surface area contributed by atoms with Gasteiger partial charge in [-0.1, -0.05) is 47.6 Å². The number of nitrogens with one attached hydrogen (secondary N) is 1. The maximum Gasteiger partial charge on any atom is 0.278 e. The minimum atomic E-state index is -0.308. The fraction of sp³-hybridized carbons (Fsp3) is 0.240. The zero-order valence-corrected chi connectivity index (χ0v) is 17.7. The van der Waals surface area contributed by atoms with E-state index < -0.39 is 0 Å². The Balaban J connectivity index is 1.31. The molecule has 2 aromatic heterocycles. The van der Waals surface area contributed by atoms with E-state index in [1.807, 2.05) is 25.1 Å². The smallest absolute Gasteiger partial charge is 0.278 e. The largest absolute Gasteiger partial charge is 0.360 e. The van der Waals surface area contributed by atoms with E-state index in [1.54, 1.807) is 29.2 Å². The van der Waals surface area contributed by atoms with Crippen LogP contribution in [0.1, 0.15) is 58.2 Å². The predicted molar refractivity (Wildman–Crippen MR) is 118 cm³/mol. The van der Waals surface area contributed by atoms with Crippen LogP contribution in [-0.4, -0.2) is 20.8 Å². The van der Waals surface area contributed by atoms with Crippen molar-refractivity contribution in [2.45, 2.75) is 38.1 Å². The summed E-state index contributed by atoms with van der Waals surface area (Å²) in [5.41, 5.74) is 3.97. The van der Waals surface area contributed by atoms with Crippen molar-refractivity contribution >= 4 is 11.6 Å². The quantitative estimate of drug-likeness (QED) is 0.476. The first-order valence-corrected chi connectivity index (χ1v) is 10.7. The van der Waals surface area contributed by atoms with E-state index in [9.17, 15) is 9.18 Å². The van der Waals surface area contributed by atoms with Crippen molar-refractivity contribution in [3.05, 3.63) is 101 Å². The Morgan fingerprint density at radius 3 is 2.75 bits per heavy atom. The third-order valence-electron chi connectivity index (χ3n) is 6.13. The number of carbonyl (C=O) groups excluding carboxylic acids is 1. The van der Waals surface area contributed by atoms with Crippen molar-refractivity contribution < 1.29 is 13.7 Å². The van der Waals surface area contributed by atoms with Gasteiger partial charge in [0.15, 0.2) is 5.69 Å². The van der Waals surface area contributed by atoms with Crippen LogP contribution in [0.25, 0.3) is 0 Å².